The Bertz CT molecular complexity index is 1560. The number of nitrogens with zero attached hydrogens (tertiary/aromatic N) is 5. The summed E-state index contributed by atoms with van der Waals surface area (Å²) in [6.07, 6.45) is 3.50. The van der Waals surface area contributed by atoms with Gasteiger partial charge in [-0.1, -0.05) is 44.2 Å². The molecule has 1 amide bonds. The molecule has 4 aromatic heterocycles. The van der Waals surface area contributed by atoms with Crippen LogP contribution in [0.15, 0.2) is 48.0 Å². The molecule has 5 rings (SSSR count). The Morgan fingerprint density at radius 3 is 2.65 bits per heavy atom. The molecule has 0 aliphatic rings. The topological polar surface area (TPSA) is 111 Å². The lowest BCUT2D eigenvalue weighted by atomic mass is 10.0. The molecule has 4 heterocycles. The number of carbonyl (C=O) groups is 1. The molecule has 190 valence electrons. The van der Waals surface area contributed by atoms with Gasteiger partial charge in [-0.2, -0.15) is 4.98 Å². The van der Waals surface area contributed by atoms with Crippen LogP contribution >= 0.6 is 22.7 Å². The van der Waals surface area contributed by atoms with Crippen LogP contribution in [0.4, 0.5) is 10.3 Å². The summed E-state index contributed by atoms with van der Waals surface area (Å²) in [5, 5.41) is 19.8. The molecule has 0 aliphatic heterocycles. The Labute approximate surface area is 221 Å². The molecule has 5 aromatic rings. The van der Waals surface area contributed by atoms with Gasteiger partial charge in [0, 0.05) is 17.7 Å². The average Bonchev–Trinajstić information content (AvgIpc) is 3.66. The van der Waals surface area contributed by atoms with Gasteiger partial charge in [-0.25, -0.2) is 8.91 Å². The maximum Gasteiger partial charge on any atom is 0.261 e. The van der Waals surface area contributed by atoms with Crippen LogP contribution in [0, 0.1) is 5.82 Å². The minimum atomic E-state index is -0.303. The second kappa shape index (κ2) is 10.3. The normalized spacial score (nSPS) is 13.1. The minimum Gasteiger partial charge on any atom is -0.366 e. The molecule has 0 radical (unpaired) electrons. The van der Waals surface area contributed by atoms with Crippen molar-refractivity contribution >= 4 is 40.2 Å². The molecule has 11 heteroatoms. The van der Waals surface area contributed by atoms with Crippen LogP contribution in [-0.4, -0.2) is 30.7 Å². The number of benzene rings is 1. The van der Waals surface area contributed by atoms with Gasteiger partial charge in [0.2, 0.25) is 5.95 Å². The average molecular weight is 536 g/mol. The quantitative estimate of drug-likeness (QED) is 0.249. The number of hydrogen-bond acceptors (Lipinski definition) is 8. The fraction of sp³-hybridized carbons (Fsp3) is 0.269. The monoisotopic (exact) mass is 535 g/mol. The zero-order chi connectivity index (χ0) is 26.1. The summed E-state index contributed by atoms with van der Waals surface area (Å²) < 4.78 is 15.0. The first kappa shape index (κ1) is 25.0. The molecular formula is C26H26FN7OS2. The van der Waals surface area contributed by atoms with E-state index in [1.807, 2.05) is 30.6 Å². The van der Waals surface area contributed by atoms with Gasteiger partial charge in [0.25, 0.3) is 5.91 Å². The molecule has 3 N–H and O–H groups in total. The highest BCUT2D eigenvalue weighted by atomic mass is 32.1. The highest BCUT2D eigenvalue weighted by molar-refractivity contribution is 7.14. The number of anilines is 1. The van der Waals surface area contributed by atoms with Gasteiger partial charge in [0.15, 0.2) is 10.7 Å². The summed E-state index contributed by atoms with van der Waals surface area (Å²) in [6.45, 7) is 6.23. The van der Waals surface area contributed by atoms with Crippen molar-refractivity contribution in [1.29, 1.82) is 0 Å². The first-order valence-corrected chi connectivity index (χ1v) is 13.7. The number of thiophene rings is 1. The van der Waals surface area contributed by atoms with E-state index in [9.17, 15) is 9.18 Å². The van der Waals surface area contributed by atoms with Crippen molar-refractivity contribution in [2.24, 2.45) is 0 Å². The van der Waals surface area contributed by atoms with E-state index in [1.54, 1.807) is 16.6 Å². The maximum atomic E-state index is 13.3. The second-order valence-electron chi connectivity index (χ2n) is 8.82. The van der Waals surface area contributed by atoms with Crippen LogP contribution in [0.5, 0.6) is 0 Å². The Balaban J connectivity index is 1.45. The van der Waals surface area contributed by atoms with Crippen LogP contribution in [0.25, 0.3) is 27.3 Å². The highest BCUT2D eigenvalue weighted by Gasteiger charge is 2.20. The van der Waals surface area contributed by atoms with E-state index >= 15 is 0 Å². The fourth-order valence-electron chi connectivity index (χ4n) is 3.99. The Morgan fingerprint density at radius 1 is 1.14 bits per heavy atom. The lowest BCUT2D eigenvalue weighted by molar-refractivity contribution is 0.0939. The van der Waals surface area contributed by atoms with Gasteiger partial charge in [0.05, 0.1) is 16.5 Å². The summed E-state index contributed by atoms with van der Waals surface area (Å²) in [7, 11) is 0. The van der Waals surface area contributed by atoms with Gasteiger partial charge >= 0.3 is 0 Å². The van der Waals surface area contributed by atoms with E-state index in [2.05, 4.69) is 39.4 Å². The molecule has 2 atom stereocenters. The zero-order valence-corrected chi connectivity index (χ0v) is 22.2. The zero-order valence-electron chi connectivity index (χ0n) is 20.6. The fourth-order valence-corrected chi connectivity index (χ4v) is 5.80. The Kier molecular flexibility index (Phi) is 6.98. The summed E-state index contributed by atoms with van der Waals surface area (Å²) >= 11 is 2.89. The van der Waals surface area contributed by atoms with E-state index in [0.29, 0.717) is 22.9 Å². The smallest absolute Gasteiger partial charge is 0.261 e. The predicted octanol–water partition coefficient (Wildman–Crippen LogP) is 6.09. The number of nitrogens with two attached hydrogens (primary N) is 1. The molecule has 0 fully saturated rings. The maximum absolute atomic E-state index is 13.3. The third kappa shape index (κ3) is 5.09. The Morgan fingerprint density at radius 2 is 1.92 bits per heavy atom. The summed E-state index contributed by atoms with van der Waals surface area (Å²) in [4.78, 5) is 18.0. The largest absolute Gasteiger partial charge is 0.366 e. The molecule has 1 aromatic carbocycles. The number of nitrogens with one attached hydrogen (secondary N) is 1. The minimum absolute atomic E-state index is 0.168. The number of amides is 1. The van der Waals surface area contributed by atoms with E-state index in [4.69, 9.17) is 5.73 Å². The summed E-state index contributed by atoms with van der Waals surface area (Å²) in [5.74, 6) is -0.000905. The third-order valence-corrected chi connectivity index (χ3v) is 8.41. The van der Waals surface area contributed by atoms with Crippen molar-refractivity contribution in [2.75, 3.05) is 5.73 Å². The van der Waals surface area contributed by atoms with Gasteiger partial charge in [-0.3, -0.25) is 4.79 Å². The van der Waals surface area contributed by atoms with Gasteiger partial charge in [-0.05, 0) is 53.6 Å². The Hall–Kier alpha value is -3.70. The van der Waals surface area contributed by atoms with E-state index < -0.39 is 0 Å². The van der Waals surface area contributed by atoms with Crippen molar-refractivity contribution in [3.8, 4) is 21.7 Å². The molecule has 0 saturated heterocycles. The van der Waals surface area contributed by atoms with Crippen LogP contribution in [-0.2, 0) is 0 Å². The summed E-state index contributed by atoms with van der Waals surface area (Å²) in [6, 6.07) is 9.84. The lowest BCUT2D eigenvalue weighted by Crippen LogP contribution is -2.27. The molecule has 0 spiro atoms. The van der Waals surface area contributed by atoms with Crippen molar-refractivity contribution in [1.82, 2.24) is 30.1 Å². The van der Waals surface area contributed by atoms with E-state index in [-0.39, 0.29) is 23.7 Å². The third-order valence-electron chi connectivity index (χ3n) is 6.30. The van der Waals surface area contributed by atoms with Crippen molar-refractivity contribution in [3.05, 3.63) is 69.2 Å². The van der Waals surface area contributed by atoms with Crippen LogP contribution in [0.1, 0.15) is 65.8 Å². The number of carbonyl (C=O) groups excluding carboxylic acids is 1. The number of halogens is 1. The summed E-state index contributed by atoms with van der Waals surface area (Å²) in [5.41, 5.74) is 9.89. The van der Waals surface area contributed by atoms with Crippen molar-refractivity contribution < 1.29 is 9.18 Å². The molecular weight excluding hydrogens is 509 g/mol. The number of aromatic nitrogens is 5. The lowest BCUT2D eigenvalue weighted by Gasteiger charge is -2.17. The van der Waals surface area contributed by atoms with Crippen molar-refractivity contribution in [3.63, 3.8) is 0 Å². The number of pyridine rings is 1. The van der Waals surface area contributed by atoms with Gasteiger partial charge in [0.1, 0.15) is 10.8 Å². The molecule has 0 saturated carbocycles. The predicted molar refractivity (Wildman–Crippen MR) is 145 cm³/mol. The standard InChI is InChI=1S/C26H26FN7OS2/c1-4-14(3)24-31-32-25(37-24)19-10-16(12-34-22(19)30-26(28)33-34)17-11-21(36-13-17)23(35)29-20(5-2)15-6-8-18(27)9-7-15/h6-14,20H,4-5H2,1-3H3,(H2,28,33)(H,29,35)/t14?,20-/m0/s1. The number of fused-ring (bicyclic) bond motifs is 1. The van der Waals surface area contributed by atoms with Crippen LogP contribution in [0.3, 0.4) is 0 Å². The van der Waals surface area contributed by atoms with Crippen LogP contribution < -0.4 is 11.1 Å². The van der Waals surface area contributed by atoms with Crippen molar-refractivity contribution in [2.45, 2.75) is 45.6 Å². The first-order chi connectivity index (χ1) is 17.9. The number of nitrogen functional groups attached to an aromatic ring is 1. The molecule has 8 nitrogen and oxygen atoms in total. The number of hydrogen-bond donors (Lipinski definition) is 2. The molecule has 1 unspecified atom stereocenters. The van der Waals surface area contributed by atoms with Gasteiger partial charge in [-0.15, -0.1) is 26.6 Å². The molecule has 0 bridgehead atoms. The molecule has 37 heavy (non-hydrogen) atoms. The van der Waals surface area contributed by atoms with Crippen LogP contribution in [0.2, 0.25) is 0 Å². The van der Waals surface area contributed by atoms with E-state index in [1.165, 1.54) is 34.8 Å². The second-order valence-corrected chi connectivity index (χ2v) is 10.7. The highest BCUT2D eigenvalue weighted by Crippen LogP contribution is 2.35. The van der Waals surface area contributed by atoms with E-state index in [0.717, 1.165) is 38.7 Å². The molecule has 0 aliphatic carbocycles. The van der Waals surface area contributed by atoms with Gasteiger partial charge < -0.3 is 11.1 Å². The number of rotatable bonds is 8. The SMILES string of the molecule is CCC(C)c1nnc(-c2cc(-c3csc(C(=O)N[C@@H](CC)c4ccc(F)cc4)c3)cn3nc(N)nc23)s1. The first-order valence-electron chi connectivity index (χ1n) is 12.0.